The van der Waals surface area contributed by atoms with Crippen LogP contribution in [0.2, 0.25) is 0 Å². The molecule has 5 heteroatoms. The van der Waals surface area contributed by atoms with E-state index in [1.165, 1.54) is 0 Å². The summed E-state index contributed by atoms with van der Waals surface area (Å²) in [6.45, 7) is 16.0. The molecule has 1 aromatic rings. The van der Waals surface area contributed by atoms with Gasteiger partial charge in [-0.25, -0.2) is 0 Å². The maximum atomic E-state index is 8.44. The molecule has 1 aliphatic rings. The zero-order valence-corrected chi connectivity index (χ0v) is 19.3. The standard InChI is InChI=1S/C25H39N5/c1-17(15-26)16-29-21-8-9-22(18(2)11-21)23(28)10-7-20(27)12-19-13-24(3,4)30-25(5,6)14-19/h7-11,19,27-30H,1,12-16,26H2,2-6H3/b10-7-,27-20?,28-23?. The molecule has 0 spiro atoms. The number of hydrogen-bond acceptors (Lipinski definition) is 5. The first kappa shape index (κ1) is 24.0. The van der Waals surface area contributed by atoms with Gasteiger partial charge in [0.1, 0.15) is 0 Å². The molecule has 0 radical (unpaired) electrons. The fourth-order valence-corrected chi connectivity index (χ4v) is 4.71. The zero-order chi connectivity index (χ0) is 22.5. The summed E-state index contributed by atoms with van der Waals surface area (Å²) in [6, 6.07) is 5.96. The van der Waals surface area contributed by atoms with Crippen LogP contribution in [-0.2, 0) is 0 Å². The van der Waals surface area contributed by atoms with E-state index in [1.54, 1.807) is 12.2 Å². The molecule has 0 bridgehead atoms. The lowest BCUT2D eigenvalue weighted by molar-refractivity contribution is 0.132. The Labute approximate surface area is 182 Å². The first-order valence-corrected chi connectivity index (χ1v) is 10.8. The van der Waals surface area contributed by atoms with Crippen LogP contribution in [0.25, 0.3) is 0 Å². The van der Waals surface area contributed by atoms with E-state index >= 15 is 0 Å². The first-order valence-electron chi connectivity index (χ1n) is 10.8. The van der Waals surface area contributed by atoms with Crippen LogP contribution in [0.4, 0.5) is 5.69 Å². The van der Waals surface area contributed by atoms with Crippen LogP contribution in [0.3, 0.4) is 0 Å². The van der Waals surface area contributed by atoms with E-state index in [-0.39, 0.29) is 11.1 Å². The van der Waals surface area contributed by atoms with Crippen molar-refractivity contribution in [2.75, 3.05) is 18.4 Å². The summed E-state index contributed by atoms with van der Waals surface area (Å²) in [5.41, 5.74) is 10.6. The van der Waals surface area contributed by atoms with E-state index in [0.29, 0.717) is 30.4 Å². The van der Waals surface area contributed by atoms with Crippen molar-refractivity contribution in [3.05, 3.63) is 53.6 Å². The van der Waals surface area contributed by atoms with Crippen LogP contribution in [0.15, 0.2) is 42.5 Å². The second kappa shape index (κ2) is 9.71. The van der Waals surface area contributed by atoms with E-state index in [0.717, 1.165) is 41.6 Å². The Kier molecular flexibility index (Phi) is 7.78. The summed E-state index contributed by atoms with van der Waals surface area (Å²) in [7, 11) is 0. The molecular weight excluding hydrogens is 370 g/mol. The smallest absolute Gasteiger partial charge is 0.0615 e. The number of aryl methyl sites for hydroxylation is 1. The Bertz CT molecular complexity index is 816. The molecule has 0 saturated carbocycles. The summed E-state index contributed by atoms with van der Waals surface area (Å²) in [5.74, 6) is 0.484. The van der Waals surface area contributed by atoms with Crippen LogP contribution in [-0.4, -0.2) is 35.6 Å². The van der Waals surface area contributed by atoms with Gasteiger partial charge in [-0.15, -0.1) is 0 Å². The van der Waals surface area contributed by atoms with E-state index in [9.17, 15) is 0 Å². The minimum Gasteiger partial charge on any atom is -0.381 e. The second-order valence-corrected chi connectivity index (χ2v) is 9.98. The lowest BCUT2D eigenvalue weighted by Gasteiger charge is -2.46. The first-order chi connectivity index (χ1) is 13.9. The molecule has 0 amide bonds. The van der Waals surface area contributed by atoms with Crippen molar-refractivity contribution in [2.45, 2.75) is 65.0 Å². The van der Waals surface area contributed by atoms with Crippen molar-refractivity contribution >= 4 is 17.1 Å². The van der Waals surface area contributed by atoms with Gasteiger partial charge in [-0.05, 0) is 95.2 Å². The Morgan fingerprint density at radius 1 is 1.20 bits per heavy atom. The van der Waals surface area contributed by atoms with Gasteiger partial charge in [0.05, 0.1) is 5.71 Å². The number of anilines is 1. The van der Waals surface area contributed by atoms with Crippen molar-refractivity contribution in [1.82, 2.24) is 5.32 Å². The van der Waals surface area contributed by atoms with Gasteiger partial charge >= 0.3 is 0 Å². The molecule has 1 aliphatic heterocycles. The fraction of sp³-hybridized carbons (Fsp3) is 0.520. The molecule has 1 fully saturated rings. The van der Waals surface area contributed by atoms with Gasteiger partial charge in [-0.1, -0.05) is 12.6 Å². The molecule has 0 unspecified atom stereocenters. The SMILES string of the molecule is C=C(CN)CNc1ccc(C(=N)/C=C\C(=N)CC2CC(C)(C)NC(C)(C)C2)c(C)c1. The predicted octanol–water partition coefficient (Wildman–Crippen LogP) is 4.81. The highest BCUT2D eigenvalue weighted by Crippen LogP contribution is 2.34. The highest BCUT2D eigenvalue weighted by Gasteiger charge is 2.37. The molecule has 0 aliphatic carbocycles. The summed E-state index contributed by atoms with van der Waals surface area (Å²) in [4.78, 5) is 0. The van der Waals surface area contributed by atoms with E-state index < -0.39 is 0 Å². The molecule has 164 valence electrons. The predicted molar refractivity (Wildman–Crippen MR) is 130 cm³/mol. The van der Waals surface area contributed by atoms with Crippen LogP contribution in [0.1, 0.15) is 58.1 Å². The molecular formula is C25H39N5. The third-order valence-corrected chi connectivity index (χ3v) is 5.58. The molecule has 6 N–H and O–H groups in total. The largest absolute Gasteiger partial charge is 0.381 e. The van der Waals surface area contributed by atoms with Gasteiger partial charge < -0.3 is 27.2 Å². The average molecular weight is 410 g/mol. The Balaban J connectivity index is 1.96. The Hall–Kier alpha value is -2.24. The Morgan fingerprint density at radius 3 is 2.40 bits per heavy atom. The molecule has 1 heterocycles. The van der Waals surface area contributed by atoms with Gasteiger partial charge in [0.2, 0.25) is 0 Å². The van der Waals surface area contributed by atoms with Crippen LogP contribution in [0, 0.1) is 23.7 Å². The summed E-state index contributed by atoms with van der Waals surface area (Å²) >= 11 is 0. The summed E-state index contributed by atoms with van der Waals surface area (Å²) in [5, 5.41) is 23.8. The van der Waals surface area contributed by atoms with Gasteiger partial charge in [-0.2, -0.15) is 0 Å². The number of allylic oxidation sites excluding steroid dienone is 2. The zero-order valence-electron chi connectivity index (χ0n) is 19.3. The van der Waals surface area contributed by atoms with E-state index in [2.05, 4.69) is 44.9 Å². The van der Waals surface area contributed by atoms with E-state index in [1.807, 2.05) is 25.1 Å². The minimum atomic E-state index is 0.0898. The van der Waals surface area contributed by atoms with Crippen molar-refractivity contribution < 1.29 is 0 Å². The highest BCUT2D eigenvalue weighted by atomic mass is 15.0. The van der Waals surface area contributed by atoms with Gasteiger partial charge in [0.25, 0.3) is 0 Å². The van der Waals surface area contributed by atoms with Crippen LogP contribution >= 0.6 is 0 Å². The van der Waals surface area contributed by atoms with Crippen molar-refractivity contribution in [3.8, 4) is 0 Å². The molecule has 0 aromatic heterocycles. The quantitative estimate of drug-likeness (QED) is 0.299. The molecule has 1 aromatic carbocycles. The third-order valence-electron chi connectivity index (χ3n) is 5.58. The Morgan fingerprint density at radius 2 is 1.83 bits per heavy atom. The molecule has 5 nitrogen and oxygen atoms in total. The number of rotatable bonds is 9. The highest BCUT2D eigenvalue weighted by molar-refractivity contribution is 6.10. The van der Waals surface area contributed by atoms with Gasteiger partial charge in [0, 0.05) is 41.1 Å². The molecule has 0 atom stereocenters. The monoisotopic (exact) mass is 409 g/mol. The normalized spacial score (nSPS) is 18.3. The van der Waals surface area contributed by atoms with Gasteiger partial charge in [0.15, 0.2) is 0 Å². The van der Waals surface area contributed by atoms with Crippen LogP contribution in [0.5, 0.6) is 0 Å². The number of nitrogens with two attached hydrogens (primary N) is 1. The molecule has 30 heavy (non-hydrogen) atoms. The van der Waals surface area contributed by atoms with Crippen LogP contribution < -0.4 is 16.4 Å². The van der Waals surface area contributed by atoms with Gasteiger partial charge in [-0.3, -0.25) is 0 Å². The minimum absolute atomic E-state index is 0.0898. The third kappa shape index (κ3) is 7.22. The maximum absolute atomic E-state index is 8.44. The average Bonchev–Trinajstić information content (AvgIpc) is 2.61. The maximum Gasteiger partial charge on any atom is 0.0615 e. The van der Waals surface area contributed by atoms with Crippen molar-refractivity contribution in [2.24, 2.45) is 11.7 Å². The molecule has 2 rings (SSSR count). The number of piperidine rings is 1. The fourth-order valence-electron chi connectivity index (χ4n) is 4.71. The topological polar surface area (TPSA) is 97.8 Å². The number of hydrogen-bond donors (Lipinski definition) is 5. The summed E-state index contributed by atoms with van der Waals surface area (Å²) in [6.07, 6.45) is 6.43. The summed E-state index contributed by atoms with van der Waals surface area (Å²) < 4.78 is 0. The van der Waals surface area contributed by atoms with Crippen molar-refractivity contribution in [3.63, 3.8) is 0 Å². The van der Waals surface area contributed by atoms with E-state index in [4.69, 9.17) is 16.6 Å². The lowest BCUT2D eigenvalue weighted by Crippen LogP contribution is -2.57. The number of benzene rings is 1. The second-order valence-electron chi connectivity index (χ2n) is 9.98. The molecule has 1 saturated heterocycles. The van der Waals surface area contributed by atoms with Crippen molar-refractivity contribution in [1.29, 1.82) is 10.8 Å². The lowest BCUT2D eigenvalue weighted by atomic mass is 9.74. The number of nitrogens with one attached hydrogen (secondary N) is 4.